The SMILES string of the molecule is CN=C(NN)NCCN1CCSCC1. The summed E-state index contributed by atoms with van der Waals surface area (Å²) in [5.41, 5.74) is 2.51. The van der Waals surface area contributed by atoms with Crippen molar-refractivity contribution in [2.24, 2.45) is 10.8 Å². The average molecular weight is 217 g/mol. The minimum absolute atomic E-state index is 0.649. The normalized spacial score (nSPS) is 19.4. The monoisotopic (exact) mass is 217 g/mol. The van der Waals surface area contributed by atoms with Gasteiger partial charge in [0.1, 0.15) is 0 Å². The molecule has 14 heavy (non-hydrogen) atoms. The van der Waals surface area contributed by atoms with E-state index in [0.29, 0.717) is 5.96 Å². The van der Waals surface area contributed by atoms with Gasteiger partial charge in [0, 0.05) is 44.7 Å². The van der Waals surface area contributed by atoms with E-state index < -0.39 is 0 Å². The van der Waals surface area contributed by atoms with Gasteiger partial charge in [0.25, 0.3) is 0 Å². The molecule has 0 atom stereocenters. The predicted molar refractivity (Wildman–Crippen MR) is 62.4 cm³/mol. The van der Waals surface area contributed by atoms with E-state index in [-0.39, 0.29) is 0 Å². The lowest BCUT2D eigenvalue weighted by atomic mass is 10.4. The third-order valence-electron chi connectivity index (χ3n) is 2.18. The summed E-state index contributed by atoms with van der Waals surface area (Å²) in [5, 5.41) is 3.13. The Hall–Kier alpha value is -0.460. The van der Waals surface area contributed by atoms with Crippen molar-refractivity contribution in [1.29, 1.82) is 0 Å². The fourth-order valence-corrected chi connectivity index (χ4v) is 2.33. The molecule has 1 fully saturated rings. The Morgan fingerprint density at radius 1 is 1.50 bits per heavy atom. The Balaban J connectivity index is 2.07. The molecule has 5 nitrogen and oxygen atoms in total. The summed E-state index contributed by atoms with van der Waals surface area (Å²) in [6.45, 7) is 4.34. The molecule has 0 amide bonds. The number of hydrogen-bond donors (Lipinski definition) is 3. The van der Waals surface area contributed by atoms with Crippen molar-refractivity contribution in [2.45, 2.75) is 0 Å². The van der Waals surface area contributed by atoms with E-state index in [2.05, 4.69) is 20.6 Å². The zero-order chi connectivity index (χ0) is 10.2. The van der Waals surface area contributed by atoms with Crippen LogP contribution in [-0.4, -0.2) is 55.6 Å². The van der Waals surface area contributed by atoms with Crippen LogP contribution in [0.3, 0.4) is 0 Å². The minimum atomic E-state index is 0.649. The van der Waals surface area contributed by atoms with Crippen LogP contribution >= 0.6 is 11.8 Å². The van der Waals surface area contributed by atoms with Gasteiger partial charge >= 0.3 is 0 Å². The van der Waals surface area contributed by atoms with Gasteiger partial charge in [0.2, 0.25) is 5.96 Å². The molecule has 1 saturated heterocycles. The van der Waals surface area contributed by atoms with Crippen LogP contribution in [0.15, 0.2) is 4.99 Å². The minimum Gasteiger partial charge on any atom is -0.354 e. The van der Waals surface area contributed by atoms with E-state index in [1.807, 2.05) is 11.8 Å². The first-order valence-electron chi connectivity index (χ1n) is 4.84. The smallest absolute Gasteiger partial charge is 0.205 e. The molecule has 82 valence electrons. The zero-order valence-electron chi connectivity index (χ0n) is 8.62. The highest BCUT2D eigenvalue weighted by Crippen LogP contribution is 2.07. The van der Waals surface area contributed by atoms with Gasteiger partial charge < -0.3 is 5.32 Å². The summed E-state index contributed by atoms with van der Waals surface area (Å²) in [7, 11) is 1.71. The first kappa shape index (κ1) is 11.6. The first-order chi connectivity index (χ1) is 6.86. The van der Waals surface area contributed by atoms with Crippen LogP contribution in [0.25, 0.3) is 0 Å². The van der Waals surface area contributed by atoms with Gasteiger partial charge in [-0.3, -0.25) is 15.3 Å². The van der Waals surface area contributed by atoms with Crippen molar-refractivity contribution in [1.82, 2.24) is 15.6 Å². The summed E-state index contributed by atoms with van der Waals surface area (Å²) >= 11 is 2.03. The molecule has 4 N–H and O–H groups in total. The topological polar surface area (TPSA) is 65.7 Å². The fourth-order valence-electron chi connectivity index (χ4n) is 1.35. The van der Waals surface area contributed by atoms with Gasteiger partial charge in [0.15, 0.2) is 0 Å². The highest BCUT2D eigenvalue weighted by molar-refractivity contribution is 7.99. The molecule has 0 aromatic heterocycles. The molecular formula is C8H19N5S. The van der Waals surface area contributed by atoms with Gasteiger partial charge in [-0.25, -0.2) is 5.84 Å². The number of nitrogens with zero attached hydrogens (tertiary/aromatic N) is 2. The Morgan fingerprint density at radius 2 is 2.21 bits per heavy atom. The number of nitrogens with two attached hydrogens (primary N) is 1. The molecule has 1 heterocycles. The number of aliphatic imine (C=N–C) groups is 1. The molecule has 1 aliphatic rings. The second-order valence-corrected chi connectivity index (χ2v) is 4.32. The molecule has 0 spiro atoms. The maximum absolute atomic E-state index is 5.24. The van der Waals surface area contributed by atoms with Crippen LogP contribution in [-0.2, 0) is 0 Å². The summed E-state index contributed by atoms with van der Waals surface area (Å²) in [4.78, 5) is 6.39. The number of nitrogens with one attached hydrogen (secondary N) is 2. The Morgan fingerprint density at radius 3 is 2.79 bits per heavy atom. The Bertz CT molecular complexity index is 179. The van der Waals surface area contributed by atoms with E-state index >= 15 is 0 Å². The van der Waals surface area contributed by atoms with Crippen molar-refractivity contribution >= 4 is 17.7 Å². The molecule has 1 rings (SSSR count). The Kier molecular flexibility index (Phi) is 5.74. The van der Waals surface area contributed by atoms with Crippen LogP contribution < -0.4 is 16.6 Å². The van der Waals surface area contributed by atoms with Crippen molar-refractivity contribution in [3.05, 3.63) is 0 Å². The zero-order valence-corrected chi connectivity index (χ0v) is 9.44. The van der Waals surface area contributed by atoms with Gasteiger partial charge in [-0.1, -0.05) is 0 Å². The van der Waals surface area contributed by atoms with Crippen LogP contribution in [0.1, 0.15) is 0 Å². The second-order valence-electron chi connectivity index (χ2n) is 3.10. The van der Waals surface area contributed by atoms with Crippen molar-refractivity contribution in [3.63, 3.8) is 0 Å². The summed E-state index contributed by atoms with van der Waals surface area (Å²) in [6, 6.07) is 0. The van der Waals surface area contributed by atoms with E-state index in [1.54, 1.807) is 7.05 Å². The quantitative estimate of drug-likeness (QED) is 0.247. The van der Waals surface area contributed by atoms with Crippen LogP contribution in [0.4, 0.5) is 0 Å². The predicted octanol–water partition coefficient (Wildman–Crippen LogP) is -0.926. The highest BCUT2D eigenvalue weighted by atomic mass is 32.2. The molecule has 0 saturated carbocycles. The van der Waals surface area contributed by atoms with E-state index in [0.717, 1.165) is 13.1 Å². The lowest BCUT2D eigenvalue weighted by Gasteiger charge is -2.26. The number of thioether (sulfide) groups is 1. The number of hydrogen-bond acceptors (Lipinski definition) is 4. The van der Waals surface area contributed by atoms with Crippen LogP contribution in [0.2, 0.25) is 0 Å². The lowest BCUT2D eigenvalue weighted by molar-refractivity contribution is 0.307. The summed E-state index contributed by atoms with van der Waals surface area (Å²) < 4.78 is 0. The molecule has 0 aliphatic carbocycles. The van der Waals surface area contributed by atoms with Gasteiger partial charge in [0.05, 0.1) is 0 Å². The van der Waals surface area contributed by atoms with Crippen molar-refractivity contribution in [2.75, 3.05) is 44.7 Å². The van der Waals surface area contributed by atoms with Crippen LogP contribution in [0, 0.1) is 0 Å². The molecule has 6 heteroatoms. The highest BCUT2D eigenvalue weighted by Gasteiger charge is 2.09. The first-order valence-corrected chi connectivity index (χ1v) is 5.99. The second kappa shape index (κ2) is 6.92. The van der Waals surface area contributed by atoms with Gasteiger partial charge in [-0.05, 0) is 0 Å². The van der Waals surface area contributed by atoms with E-state index in [1.165, 1.54) is 24.6 Å². The largest absolute Gasteiger partial charge is 0.354 e. The third kappa shape index (κ3) is 4.17. The molecular weight excluding hydrogens is 198 g/mol. The maximum atomic E-state index is 5.24. The summed E-state index contributed by atoms with van der Waals surface area (Å²) in [5.74, 6) is 8.40. The fraction of sp³-hybridized carbons (Fsp3) is 0.875. The average Bonchev–Trinajstić information content (AvgIpc) is 2.26. The lowest BCUT2D eigenvalue weighted by Crippen LogP contribution is -2.45. The van der Waals surface area contributed by atoms with Gasteiger partial charge in [-0.2, -0.15) is 11.8 Å². The number of rotatable bonds is 3. The molecule has 0 aromatic carbocycles. The van der Waals surface area contributed by atoms with Crippen LogP contribution in [0.5, 0.6) is 0 Å². The molecule has 0 aromatic rings. The van der Waals surface area contributed by atoms with Gasteiger partial charge in [-0.15, -0.1) is 0 Å². The molecule has 0 radical (unpaired) electrons. The third-order valence-corrected chi connectivity index (χ3v) is 3.13. The molecule has 0 bridgehead atoms. The molecule has 0 unspecified atom stereocenters. The van der Waals surface area contributed by atoms with E-state index in [9.17, 15) is 0 Å². The summed E-state index contributed by atoms with van der Waals surface area (Å²) in [6.07, 6.45) is 0. The van der Waals surface area contributed by atoms with E-state index in [4.69, 9.17) is 5.84 Å². The number of guanidine groups is 1. The number of hydrazine groups is 1. The Labute approximate surface area is 89.5 Å². The standard InChI is InChI=1S/C8H19N5S/c1-10-8(12-9)11-2-3-13-4-6-14-7-5-13/h2-7,9H2,1H3,(H2,10,11,12). The maximum Gasteiger partial charge on any atom is 0.205 e. The van der Waals surface area contributed by atoms with Crippen molar-refractivity contribution in [3.8, 4) is 0 Å². The van der Waals surface area contributed by atoms with Crippen molar-refractivity contribution < 1.29 is 0 Å². The molecule has 1 aliphatic heterocycles.